The number of amides is 1. The van der Waals surface area contributed by atoms with Crippen LogP contribution in [0.15, 0.2) is 18.2 Å². The molecule has 0 spiro atoms. The van der Waals surface area contributed by atoms with Gasteiger partial charge in [-0.3, -0.25) is 14.5 Å². The van der Waals surface area contributed by atoms with Crippen molar-refractivity contribution >= 4 is 11.9 Å². The lowest BCUT2D eigenvalue weighted by Gasteiger charge is -2.34. The van der Waals surface area contributed by atoms with Crippen LogP contribution in [0.1, 0.15) is 10.4 Å². The van der Waals surface area contributed by atoms with Gasteiger partial charge in [-0.1, -0.05) is 0 Å². The Morgan fingerprint density at radius 2 is 1.92 bits per heavy atom. The number of benzene rings is 1. The minimum Gasteiger partial charge on any atom is -0.497 e. The van der Waals surface area contributed by atoms with Gasteiger partial charge < -0.3 is 24.2 Å². The molecule has 138 valence electrons. The number of ether oxygens (including phenoxy) is 3. The summed E-state index contributed by atoms with van der Waals surface area (Å²) in [5, 5.41) is 8.83. The average Bonchev–Trinajstić information content (AvgIpc) is 2.60. The van der Waals surface area contributed by atoms with Crippen molar-refractivity contribution in [3.63, 3.8) is 0 Å². The number of hydrogen-bond acceptors (Lipinski definition) is 6. The maximum atomic E-state index is 12.8. The van der Waals surface area contributed by atoms with Gasteiger partial charge in [0, 0.05) is 31.3 Å². The summed E-state index contributed by atoms with van der Waals surface area (Å²) >= 11 is 0. The van der Waals surface area contributed by atoms with Crippen molar-refractivity contribution in [1.29, 1.82) is 0 Å². The molecule has 2 rings (SSSR count). The molecule has 1 aromatic carbocycles. The fourth-order valence-electron chi connectivity index (χ4n) is 2.77. The summed E-state index contributed by atoms with van der Waals surface area (Å²) in [6.45, 7) is 1.68. The van der Waals surface area contributed by atoms with Gasteiger partial charge in [0.1, 0.15) is 11.5 Å². The van der Waals surface area contributed by atoms with Crippen LogP contribution >= 0.6 is 0 Å². The standard InChI is InChI=1S/C17H24N2O6/c1-18(11-16(20)21)9-15-10-19(4-5-25-15)17(22)12-6-13(23-2)8-14(7-12)24-3/h6-8,15H,4-5,9-11H2,1-3H3,(H,20,21). The molecule has 1 aromatic rings. The van der Waals surface area contributed by atoms with Crippen LogP contribution in [-0.4, -0.2) is 86.9 Å². The van der Waals surface area contributed by atoms with Gasteiger partial charge in [0.2, 0.25) is 0 Å². The van der Waals surface area contributed by atoms with E-state index in [2.05, 4.69) is 0 Å². The Balaban J connectivity index is 2.05. The zero-order chi connectivity index (χ0) is 18.4. The van der Waals surface area contributed by atoms with Gasteiger partial charge in [-0.05, 0) is 19.2 Å². The first-order valence-electron chi connectivity index (χ1n) is 7.97. The van der Waals surface area contributed by atoms with Crippen LogP contribution in [0.4, 0.5) is 0 Å². The molecule has 25 heavy (non-hydrogen) atoms. The van der Waals surface area contributed by atoms with Gasteiger partial charge in [-0.15, -0.1) is 0 Å². The summed E-state index contributed by atoms with van der Waals surface area (Å²) in [6.07, 6.45) is -0.227. The van der Waals surface area contributed by atoms with Crippen LogP contribution in [0.3, 0.4) is 0 Å². The second-order valence-corrected chi connectivity index (χ2v) is 5.94. The monoisotopic (exact) mass is 352 g/mol. The quantitative estimate of drug-likeness (QED) is 0.767. The molecule has 0 bridgehead atoms. The summed E-state index contributed by atoms with van der Waals surface area (Å²) in [5.74, 6) is 0.0727. The Labute approximate surface area is 146 Å². The summed E-state index contributed by atoms with van der Waals surface area (Å²) in [5.41, 5.74) is 0.482. The number of likely N-dealkylation sites (N-methyl/N-ethyl adjacent to an activating group) is 1. The van der Waals surface area contributed by atoms with E-state index in [1.54, 1.807) is 35.0 Å². The topological polar surface area (TPSA) is 88.5 Å². The van der Waals surface area contributed by atoms with Crippen LogP contribution in [0.25, 0.3) is 0 Å². The third-order valence-corrected chi connectivity index (χ3v) is 3.94. The molecule has 8 heteroatoms. The SMILES string of the molecule is COc1cc(OC)cc(C(=O)N2CCOC(CN(C)CC(=O)O)C2)c1. The zero-order valence-electron chi connectivity index (χ0n) is 14.7. The molecular formula is C17H24N2O6. The average molecular weight is 352 g/mol. The summed E-state index contributed by atoms with van der Waals surface area (Å²) in [6, 6.07) is 5.05. The molecular weight excluding hydrogens is 328 g/mol. The van der Waals surface area contributed by atoms with E-state index in [0.717, 1.165) is 0 Å². The minimum absolute atomic E-state index is 0.0686. The number of rotatable bonds is 7. The molecule has 1 N–H and O–H groups in total. The number of hydrogen-bond donors (Lipinski definition) is 1. The Kier molecular flexibility index (Phi) is 6.60. The molecule has 1 unspecified atom stereocenters. The second kappa shape index (κ2) is 8.68. The number of carboxylic acids is 1. The fourth-order valence-corrected chi connectivity index (χ4v) is 2.77. The van der Waals surface area contributed by atoms with Gasteiger partial charge >= 0.3 is 5.97 Å². The van der Waals surface area contributed by atoms with Crippen molar-refractivity contribution in [2.24, 2.45) is 0 Å². The van der Waals surface area contributed by atoms with Crippen molar-refractivity contribution in [2.45, 2.75) is 6.10 Å². The lowest BCUT2D eigenvalue weighted by atomic mass is 10.1. The maximum absolute atomic E-state index is 12.8. The number of carboxylic acid groups (broad SMARTS) is 1. The van der Waals surface area contributed by atoms with E-state index >= 15 is 0 Å². The van der Waals surface area contributed by atoms with Crippen molar-refractivity contribution in [3.05, 3.63) is 23.8 Å². The fraction of sp³-hybridized carbons (Fsp3) is 0.529. The molecule has 1 aliphatic rings. The first kappa shape index (κ1) is 19.0. The third kappa shape index (κ3) is 5.33. The molecule has 0 aliphatic carbocycles. The number of carbonyl (C=O) groups is 2. The molecule has 1 amide bonds. The van der Waals surface area contributed by atoms with E-state index in [9.17, 15) is 9.59 Å². The first-order valence-corrected chi connectivity index (χ1v) is 7.97. The lowest BCUT2D eigenvalue weighted by Crippen LogP contribution is -2.49. The smallest absolute Gasteiger partial charge is 0.317 e. The second-order valence-electron chi connectivity index (χ2n) is 5.94. The highest BCUT2D eigenvalue weighted by molar-refractivity contribution is 5.95. The van der Waals surface area contributed by atoms with E-state index < -0.39 is 5.97 Å². The minimum atomic E-state index is -0.894. The van der Waals surface area contributed by atoms with Crippen molar-refractivity contribution < 1.29 is 28.9 Å². The van der Waals surface area contributed by atoms with E-state index in [-0.39, 0.29) is 18.6 Å². The molecule has 8 nitrogen and oxygen atoms in total. The number of aliphatic carboxylic acids is 1. The van der Waals surface area contributed by atoms with E-state index in [1.807, 2.05) is 0 Å². The lowest BCUT2D eigenvalue weighted by molar-refractivity contribution is -0.138. The normalized spacial score (nSPS) is 17.4. The highest BCUT2D eigenvalue weighted by Crippen LogP contribution is 2.24. The van der Waals surface area contributed by atoms with Gasteiger partial charge in [0.05, 0.1) is 33.5 Å². The summed E-state index contributed by atoms with van der Waals surface area (Å²) < 4.78 is 16.1. The Hall–Kier alpha value is -2.32. The van der Waals surface area contributed by atoms with Crippen LogP contribution in [-0.2, 0) is 9.53 Å². The zero-order valence-corrected chi connectivity index (χ0v) is 14.7. The van der Waals surface area contributed by atoms with E-state index in [1.165, 1.54) is 14.2 Å². The third-order valence-electron chi connectivity index (χ3n) is 3.94. The first-order chi connectivity index (χ1) is 11.9. The molecule has 0 saturated carbocycles. The van der Waals surface area contributed by atoms with Crippen LogP contribution in [0.2, 0.25) is 0 Å². The van der Waals surface area contributed by atoms with Crippen molar-refractivity contribution in [1.82, 2.24) is 9.80 Å². The molecule has 0 radical (unpaired) electrons. The maximum Gasteiger partial charge on any atom is 0.317 e. The van der Waals surface area contributed by atoms with Gasteiger partial charge in [0.25, 0.3) is 5.91 Å². The Morgan fingerprint density at radius 3 is 2.48 bits per heavy atom. The highest BCUT2D eigenvalue weighted by Gasteiger charge is 2.26. The van der Waals surface area contributed by atoms with Gasteiger partial charge in [0.15, 0.2) is 0 Å². The number of nitrogens with zero attached hydrogens (tertiary/aromatic N) is 2. The molecule has 0 aromatic heterocycles. The highest BCUT2D eigenvalue weighted by atomic mass is 16.5. The summed E-state index contributed by atoms with van der Waals surface area (Å²) in [4.78, 5) is 26.9. The van der Waals surface area contributed by atoms with Crippen LogP contribution < -0.4 is 9.47 Å². The van der Waals surface area contributed by atoms with Gasteiger partial charge in [-0.25, -0.2) is 0 Å². The number of morpholine rings is 1. The number of methoxy groups -OCH3 is 2. The van der Waals surface area contributed by atoms with E-state index in [0.29, 0.717) is 43.3 Å². The molecule has 1 heterocycles. The molecule has 1 saturated heterocycles. The molecule has 1 atom stereocenters. The van der Waals surface area contributed by atoms with Crippen molar-refractivity contribution in [2.75, 3.05) is 54.1 Å². The van der Waals surface area contributed by atoms with Crippen LogP contribution in [0, 0.1) is 0 Å². The molecule has 1 fully saturated rings. The summed E-state index contributed by atoms with van der Waals surface area (Å²) in [7, 11) is 4.78. The van der Waals surface area contributed by atoms with E-state index in [4.69, 9.17) is 19.3 Å². The van der Waals surface area contributed by atoms with Gasteiger partial charge in [-0.2, -0.15) is 0 Å². The van der Waals surface area contributed by atoms with Crippen molar-refractivity contribution in [3.8, 4) is 11.5 Å². The number of carbonyl (C=O) groups excluding carboxylic acids is 1. The Morgan fingerprint density at radius 1 is 1.28 bits per heavy atom. The molecule has 1 aliphatic heterocycles. The predicted molar refractivity (Wildman–Crippen MR) is 90.3 cm³/mol. The Bertz CT molecular complexity index is 599. The largest absolute Gasteiger partial charge is 0.497 e. The van der Waals surface area contributed by atoms with Crippen LogP contribution in [0.5, 0.6) is 11.5 Å². The predicted octanol–water partition coefficient (Wildman–Crippen LogP) is 0.561.